The van der Waals surface area contributed by atoms with Gasteiger partial charge in [0.05, 0.1) is 18.1 Å². The van der Waals surface area contributed by atoms with E-state index in [1.807, 2.05) is 0 Å². The van der Waals surface area contributed by atoms with Crippen LogP contribution in [0.25, 0.3) is 0 Å². The maximum absolute atomic E-state index is 5.50. The summed E-state index contributed by atoms with van der Waals surface area (Å²) in [5, 5.41) is 0. The van der Waals surface area contributed by atoms with E-state index in [2.05, 4.69) is 48.1 Å². The zero-order chi connectivity index (χ0) is 13.0. The molecule has 2 aromatic rings. The molecule has 0 bridgehead atoms. The monoisotopic (exact) mass is 259 g/mol. The van der Waals surface area contributed by atoms with E-state index in [4.69, 9.17) is 5.73 Å². The minimum atomic E-state index is 0.463. The predicted molar refractivity (Wildman–Crippen MR) is 76.5 cm³/mol. The summed E-state index contributed by atoms with van der Waals surface area (Å²) in [6, 6.07) is 8.68. The Morgan fingerprint density at radius 2 is 1.83 bits per heavy atom. The van der Waals surface area contributed by atoms with Crippen LogP contribution in [0.3, 0.4) is 0 Å². The predicted octanol–water partition coefficient (Wildman–Crippen LogP) is 3.47. The fourth-order valence-electron chi connectivity index (χ4n) is 1.55. The SMILES string of the molecule is CC(C)c1ccc(SCc2cnc(N)cn2)cc1. The van der Waals surface area contributed by atoms with Gasteiger partial charge in [0, 0.05) is 10.6 Å². The van der Waals surface area contributed by atoms with E-state index in [1.54, 1.807) is 24.2 Å². The highest BCUT2D eigenvalue weighted by atomic mass is 32.2. The van der Waals surface area contributed by atoms with Gasteiger partial charge in [-0.05, 0) is 23.6 Å². The Bertz CT molecular complexity index is 491. The lowest BCUT2D eigenvalue weighted by Crippen LogP contribution is -1.94. The lowest BCUT2D eigenvalue weighted by molar-refractivity contribution is 0.865. The van der Waals surface area contributed by atoms with Gasteiger partial charge in [0.2, 0.25) is 0 Å². The third kappa shape index (κ3) is 3.47. The Hall–Kier alpha value is -1.55. The molecule has 1 aromatic carbocycles. The Kier molecular flexibility index (Phi) is 4.20. The third-order valence-corrected chi connectivity index (χ3v) is 3.70. The normalized spacial score (nSPS) is 10.8. The number of nitrogens with two attached hydrogens (primary N) is 1. The molecule has 3 nitrogen and oxygen atoms in total. The average Bonchev–Trinajstić information content (AvgIpc) is 2.38. The molecule has 0 amide bonds. The number of nitrogens with zero attached hydrogens (tertiary/aromatic N) is 2. The van der Waals surface area contributed by atoms with Crippen molar-refractivity contribution in [3.63, 3.8) is 0 Å². The molecule has 18 heavy (non-hydrogen) atoms. The number of rotatable bonds is 4. The molecule has 0 aliphatic carbocycles. The number of hydrogen-bond acceptors (Lipinski definition) is 4. The molecule has 2 N–H and O–H groups in total. The van der Waals surface area contributed by atoms with Crippen LogP contribution in [0.5, 0.6) is 0 Å². The van der Waals surface area contributed by atoms with Gasteiger partial charge < -0.3 is 5.73 Å². The van der Waals surface area contributed by atoms with Crippen LogP contribution in [0.15, 0.2) is 41.6 Å². The zero-order valence-electron chi connectivity index (χ0n) is 10.6. The summed E-state index contributed by atoms with van der Waals surface area (Å²) >= 11 is 1.76. The first-order valence-electron chi connectivity index (χ1n) is 5.94. The van der Waals surface area contributed by atoms with Crippen molar-refractivity contribution in [2.75, 3.05) is 5.73 Å². The van der Waals surface area contributed by atoms with E-state index < -0.39 is 0 Å². The van der Waals surface area contributed by atoms with Crippen molar-refractivity contribution in [3.05, 3.63) is 47.9 Å². The van der Waals surface area contributed by atoms with E-state index in [9.17, 15) is 0 Å². The summed E-state index contributed by atoms with van der Waals surface area (Å²) in [6.45, 7) is 4.40. The van der Waals surface area contributed by atoms with Gasteiger partial charge in [0.15, 0.2) is 0 Å². The van der Waals surface area contributed by atoms with Crippen LogP contribution in [0.1, 0.15) is 31.0 Å². The summed E-state index contributed by atoms with van der Waals surface area (Å²) in [5.41, 5.74) is 7.81. The smallest absolute Gasteiger partial charge is 0.141 e. The molecule has 0 saturated carbocycles. The molecular formula is C14H17N3S. The minimum Gasteiger partial charge on any atom is -0.382 e. The lowest BCUT2D eigenvalue weighted by Gasteiger charge is -2.06. The molecule has 0 atom stereocenters. The first-order valence-corrected chi connectivity index (χ1v) is 6.93. The number of nitrogen functional groups attached to an aromatic ring is 1. The molecule has 0 radical (unpaired) electrons. The summed E-state index contributed by atoms with van der Waals surface area (Å²) < 4.78 is 0. The molecule has 1 aromatic heterocycles. The van der Waals surface area contributed by atoms with E-state index in [1.165, 1.54) is 10.5 Å². The summed E-state index contributed by atoms with van der Waals surface area (Å²) in [6.07, 6.45) is 3.32. The molecule has 0 aliphatic heterocycles. The number of thioether (sulfide) groups is 1. The third-order valence-electron chi connectivity index (χ3n) is 2.66. The fourth-order valence-corrected chi connectivity index (χ4v) is 2.34. The second-order valence-electron chi connectivity index (χ2n) is 4.45. The molecule has 4 heteroatoms. The maximum Gasteiger partial charge on any atom is 0.141 e. The molecule has 0 saturated heterocycles. The first-order chi connectivity index (χ1) is 8.65. The van der Waals surface area contributed by atoms with Gasteiger partial charge >= 0.3 is 0 Å². The van der Waals surface area contributed by atoms with Gasteiger partial charge in [-0.2, -0.15) is 0 Å². The highest BCUT2D eigenvalue weighted by molar-refractivity contribution is 7.98. The standard InChI is InChI=1S/C14H17N3S/c1-10(2)11-3-5-13(6-4-11)18-9-12-7-17-14(15)8-16-12/h3-8,10H,9H2,1-2H3,(H2,15,17). The van der Waals surface area contributed by atoms with Gasteiger partial charge in [0.1, 0.15) is 5.82 Å². The van der Waals surface area contributed by atoms with Gasteiger partial charge in [-0.15, -0.1) is 11.8 Å². The number of anilines is 1. The van der Waals surface area contributed by atoms with Crippen molar-refractivity contribution in [1.82, 2.24) is 9.97 Å². The van der Waals surface area contributed by atoms with Crippen molar-refractivity contribution >= 4 is 17.6 Å². The Balaban J connectivity index is 1.95. The fraction of sp³-hybridized carbons (Fsp3) is 0.286. The van der Waals surface area contributed by atoms with Crippen LogP contribution in [0.2, 0.25) is 0 Å². The molecule has 1 heterocycles. The van der Waals surface area contributed by atoms with Crippen molar-refractivity contribution in [2.24, 2.45) is 0 Å². The number of benzene rings is 1. The maximum atomic E-state index is 5.50. The van der Waals surface area contributed by atoms with Crippen molar-refractivity contribution in [3.8, 4) is 0 Å². The summed E-state index contributed by atoms with van der Waals surface area (Å²) in [7, 11) is 0. The Labute approximate surface area is 112 Å². The van der Waals surface area contributed by atoms with Gasteiger partial charge in [0.25, 0.3) is 0 Å². The highest BCUT2D eigenvalue weighted by Crippen LogP contribution is 2.24. The molecule has 0 unspecified atom stereocenters. The summed E-state index contributed by atoms with van der Waals surface area (Å²) in [4.78, 5) is 9.51. The molecule has 94 valence electrons. The van der Waals surface area contributed by atoms with Crippen LogP contribution in [0.4, 0.5) is 5.82 Å². The van der Waals surface area contributed by atoms with Crippen LogP contribution >= 0.6 is 11.8 Å². The number of hydrogen-bond donors (Lipinski definition) is 1. The number of aromatic nitrogens is 2. The van der Waals surface area contributed by atoms with E-state index >= 15 is 0 Å². The average molecular weight is 259 g/mol. The van der Waals surface area contributed by atoms with E-state index in [0.717, 1.165) is 11.4 Å². The first kappa shape index (κ1) is 12.9. The van der Waals surface area contributed by atoms with Crippen molar-refractivity contribution in [1.29, 1.82) is 0 Å². The van der Waals surface area contributed by atoms with Gasteiger partial charge in [-0.25, -0.2) is 4.98 Å². The minimum absolute atomic E-state index is 0.463. The molecule has 0 aliphatic rings. The topological polar surface area (TPSA) is 51.8 Å². The van der Waals surface area contributed by atoms with Crippen molar-refractivity contribution in [2.45, 2.75) is 30.4 Å². The van der Waals surface area contributed by atoms with Crippen molar-refractivity contribution < 1.29 is 0 Å². The second kappa shape index (κ2) is 5.87. The van der Waals surface area contributed by atoms with E-state index in [0.29, 0.717) is 11.7 Å². The molecule has 2 rings (SSSR count). The lowest BCUT2D eigenvalue weighted by atomic mass is 10.0. The van der Waals surface area contributed by atoms with E-state index in [-0.39, 0.29) is 0 Å². The van der Waals surface area contributed by atoms with Crippen LogP contribution in [0, 0.1) is 0 Å². The van der Waals surface area contributed by atoms with Gasteiger partial charge in [-0.3, -0.25) is 4.98 Å². The second-order valence-corrected chi connectivity index (χ2v) is 5.49. The molecular weight excluding hydrogens is 242 g/mol. The zero-order valence-corrected chi connectivity index (χ0v) is 11.4. The Morgan fingerprint density at radius 3 is 2.39 bits per heavy atom. The largest absolute Gasteiger partial charge is 0.382 e. The summed E-state index contributed by atoms with van der Waals surface area (Å²) in [5.74, 6) is 1.85. The van der Waals surface area contributed by atoms with Crippen LogP contribution in [-0.2, 0) is 5.75 Å². The Morgan fingerprint density at radius 1 is 1.11 bits per heavy atom. The van der Waals surface area contributed by atoms with Crippen LogP contribution in [-0.4, -0.2) is 9.97 Å². The van der Waals surface area contributed by atoms with Gasteiger partial charge in [-0.1, -0.05) is 26.0 Å². The molecule has 0 fully saturated rings. The quantitative estimate of drug-likeness (QED) is 0.854. The molecule has 0 spiro atoms. The van der Waals surface area contributed by atoms with Crippen LogP contribution < -0.4 is 5.73 Å². The highest BCUT2D eigenvalue weighted by Gasteiger charge is 2.01.